The number of aromatic nitrogens is 1. The molecule has 0 unspecified atom stereocenters. The van der Waals surface area contributed by atoms with Gasteiger partial charge in [-0.3, -0.25) is 0 Å². The quantitative estimate of drug-likeness (QED) is 0.587. The number of phenolic OH excluding ortho intramolecular Hbond substituents is 2. The minimum atomic E-state index is -0.122. The summed E-state index contributed by atoms with van der Waals surface area (Å²) in [5, 5.41) is 18.1. The predicted molar refractivity (Wildman–Crippen MR) is 42.9 cm³/mol. The van der Waals surface area contributed by atoms with E-state index in [1.165, 1.54) is 23.5 Å². The number of phenols is 2. The van der Waals surface area contributed by atoms with Crippen LogP contribution in [-0.2, 0) is 0 Å². The Morgan fingerprint density at radius 3 is 2.73 bits per heavy atom. The molecule has 0 radical (unpaired) electrons. The van der Waals surface area contributed by atoms with E-state index in [1.54, 1.807) is 5.51 Å². The van der Waals surface area contributed by atoms with Gasteiger partial charge in [0.25, 0.3) is 0 Å². The second kappa shape index (κ2) is 2.10. The predicted octanol–water partition coefficient (Wildman–Crippen LogP) is 1.71. The van der Waals surface area contributed by atoms with Crippen molar-refractivity contribution < 1.29 is 10.2 Å². The van der Waals surface area contributed by atoms with Gasteiger partial charge in [0.1, 0.15) is 0 Å². The smallest absolute Gasteiger partial charge is 0.159 e. The molecule has 2 aromatic rings. The Balaban J connectivity index is 2.86. The van der Waals surface area contributed by atoms with Gasteiger partial charge in [-0.2, -0.15) is 0 Å². The first-order chi connectivity index (χ1) is 5.27. The highest BCUT2D eigenvalue weighted by Gasteiger charge is 2.02. The van der Waals surface area contributed by atoms with Crippen molar-refractivity contribution in [2.75, 3.05) is 0 Å². The molecule has 0 aliphatic heterocycles. The molecule has 2 N–H and O–H groups in total. The van der Waals surface area contributed by atoms with E-state index in [0.29, 0.717) is 5.52 Å². The maximum atomic E-state index is 9.06. The standard InChI is InChI=1S/C7H5NO2S/c9-5-1-4-7(2-6(5)10)11-3-8-4/h1-3,9-10H. The summed E-state index contributed by atoms with van der Waals surface area (Å²) >= 11 is 1.43. The Bertz CT molecular complexity index is 360. The number of benzene rings is 1. The van der Waals surface area contributed by atoms with Crippen LogP contribution in [0, 0.1) is 0 Å². The number of hydrogen-bond acceptors (Lipinski definition) is 4. The minimum Gasteiger partial charge on any atom is -0.504 e. The van der Waals surface area contributed by atoms with Crippen LogP contribution in [-0.4, -0.2) is 15.2 Å². The fourth-order valence-corrected chi connectivity index (χ4v) is 1.57. The maximum absolute atomic E-state index is 9.06. The van der Waals surface area contributed by atoms with Crippen molar-refractivity contribution in [3.05, 3.63) is 17.6 Å². The summed E-state index contributed by atoms with van der Waals surface area (Å²) in [6, 6.07) is 2.95. The molecule has 56 valence electrons. The zero-order chi connectivity index (χ0) is 7.84. The lowest BCUT2D eigenvalue weighted by molar-refractivity contribution is 0.405. The summed E-state index contributed by atoms with van der Waals surface area (Å²) in [5.74, 6) is -0.217. The van der Waals surface area contributed by atoms with Crippen LogP contribution < -0.4 is 0 Å². The molecule has 0 spiro atoms. The van der Waals surface area contributed by atoms with Crippen LogP contribution in [0.3, 0.4) is 0 Å². The maximum Gasteiger partial charge on any atom is 0.159 e. The third kappa shape index (κ3) is 0.914. The van der Waals surface area contributed by atoms with E-state index in [0.717, 1.165) is 4.70 Å². The fraction of sp³-hybridized carbons (Fsp3) is 0. The number of thiazole rings is 1. The third-order valence-corrected chi connectivity index (χ3v) is 2.22. The van der Waals surface area contributed by atoms with Gasteiger partial charge in [-0.1, -0.05) is 0 Å². The first-order valence-corrected chi connectivity index (χ1v) is 3.90. The van der Waals surface area contributed by atoms with Gasteiger partial charge in [-0.25, -0.2) is 4.98 Å². The van der Waals surface area contributed by atoms with Crippen LogP contribution in [0.2, 0.25) is 0 Å². The molecule has 0 aliphatic carbocycles. The molecule has 0 fully saturated rings. The Kier molecular flexibility index (Phi) is 1.22. The largest absolute Gasteiger partial charge is 0.504 e. The average Bonchev–Trinajstić information content (AvgIpc) is 2.36. The van der Waals surface area contributed by atoms with Crippen molar-refractivity contribution in [2.45, 2.75) is 0 Å². The van der Waals surface area contributed by atoms with Gasteiger partial charge < -0.3 is 10.2 Å². The van der Waals surface area contributed by atoms with Crippen molar-refractivity contribution in [3.63, 3.8) is 0 Å². The monoisotopic (exact) mass is 167 g/mol. The van der Waals surface area contributed by atoms with E-state index in [2.05, 4.69) is 4.98 Å². The summed E-state index contributed by atoms with van der Waals surface area (Å²) < 4.78 is 0.875. The van der Waals surface area contributed by atoms with Crippen molar-refractivity contribution in [2.24, 2.45) is 0 Å². The summed E-state index contributed by atoms with van der Waals surface area (Å²) in [6.45, 7) is 0. The van der Waals surface area contributed by atoms with Gasteiger partial charge in [0.15, 0.2) is 11.5 Å². The van der Waals surface area contributed by atoms with Gasteiger partial charge in [-0.05, 0) is 0 Å². The van der Waals surface area contributed by atoms with Gasteiger partial charge in [-0.15, -0.1) is 11.3 Å². The molecule has 1 aromatic heterocycles. The van der Waals surface area contributed by atoms with Gasteiger partial charge in [0, 0.05) is 12.1 Å². The lowest BCUT2D eigenvalue weighted by atomic mass is 10.3. The van der Waals surface area contributed by atoms with Crippen LogP contribution >= 0.6 is 11.3 Å². The van der Waals surface area contributed by atoms with E-state index in [1.807, 2.05) is 0 Å². The Morgan fingerprint density at radius 1 is 1.18 bits per heavy atom. The summed E-state index contributed by atoms with van der Waals surface area (Å²) in [6.07, 6.45) is 0. The molecule has 0 bridgehead atoms. The van der Waals surface area contributed by atoms with Gasteiger partial charge in [0.05, 0.1) is 15.7 Å². The second-order valence-electron chi connectivity index (χ2n) is 2.16. The number of nitrogens with zero attached hydrogens (tertiary/aromatic N) is 1. The molecule has 3 nitrogen and oxygen atoms in total. The molecule has 4 heteroatoms. The van der Waals surface area contributed by atoms with E-state index in [4.69, 9.17) is 10.2 Å². The van der Waals surface area contributed by atoms with E-state index in [-0.39, 0.29) is 11.5 Å². The molecular weight excluding hydrogens is 162 g/mol. The zero-order valence-corrected chi connectivity index (χ0v) is 6.30. The van der Waals surface area contributed by atoms with Crippen molar-refractivity contribution in [1.82, 2.24) is 4.98 Å². The Hall–Kier alpha value is -1.29. The lowest BCUT2D eigenvalue weighted by Gasteiger charge is -1.94. The number of fused-ring (bicyclic) bond motifs is 1. The number of rotatable bonds is 0. The van der Waals surface area contributed by atoms with Crippen LogP contribution in [0.15, 0.2) is 17.6 Å². The average molecular weight is 167 g/mol. The van der Waals surface area contributed by atoms with E-state index < -0.39 is 0 Å². The third-order valence-electron chi connectivity index (χ3n) is 1.43. The topological polar surface area (TPSA) is 53.4 Å². The Morgan fingerprint density at radius 2 is 1.91 bits per heavy atom. The number of hydrogen-bond donors (Lipinski definition) is 2. The molecular formula is C7H5NO2S. The molecule has 2 rings (SSSR count). The van der Waals surface area contributed by atoms with E-state index in [9.17, 15) is 0 Å². The molecule has 1 aromatic carbocycles. The SMILES string of the molecule is Oc1cc2ncsc2cc1O. The highest BCUT2D eigenvalue weighted by atomic mass is 32.1. The number of aromatic hydroxyl groups is 2. The van der Waals surface area contributed by atoms with Crippen LogP contribution in [0.4, 0.5) is 0 Å². The first-order valence-electron chi connectivity index (χ1n) is 3.02. The molecule has 1 heterocycles. The lowest BCUT2D eigenvalue weighted by Crippen LogP contribution is -1.69. The molecule has 0 atom stereocenters. The highest BCUT2D eigenvalue weighted by Crippen LogP contribution is 2.31. The first kappa shape index (κ1) is 6.42. The highest BCUT2D eigenvalue weighted by molar-refractivity contribution is 7.16. The molecule has 0 saturated heterocycles. The van der Waals surface area contributed by atoms with Crippen molar-refractivity contribution in [1.29, 1.82) is 0 Å². The van der Waals surface area contributed by atoms with Gasteiger partial charge in [0.2, 0.25) is 0 Å². The van der Waals surface area contributed by atoms with Gasteiger partial charge >= 0.3 is 0 Å². The normalized spacial score (nSPS) is 10.5. The zero-order valence-electron chi connectivity index (χ0n) is 5.48. The molecule has 0 amide bonds. The summed E-state index contributed by atoms with van der Waals surface area (Å²) in [5.41, 5.74) is 2.38. The molecule has 0 aliphatic rings. The van der Waals surface area contributed by atoms with Crippen LogP contribution in [0.25, 0.3) is 10.2 Å². The second-order valence-corrected chi connectivity index (χ2v) is 3.05. The Labute approximate surface area is 66.6 Å². The minimum absolute atomic E-state index is 0.0956. The fourth-order valence-electron chi connectivity index (χ4n) is 0.882. The van der Waals surface area contributed by atoms with E-state index >= 15 is 0 Å². The summed E-state index contributed by atoms with van der Waals surface area (Å²) in [4.78, 5) is 3.97. The molecule has 0 saturated carbocycles. The molecule has 11 heavy (non-hydrogen) atoms. The van der Waals surface area contributed by atoms with Crippen molar-refractivity contribution in [3.8, 4) is 11.5 Å². The van der Waals surface area contributed by atoms with Crippen molar-refractivity contribution >= 4 is 21.6 Å². The van der Waals surface area contributed by atoms with Crippen LogP contribution in [0.1, 0.15) is 0 Å². The summed E-state index contributed by atoms with van der Waals surface area (Å²) in [7, 11) is 0. The van der Waals surface area contributed by atoms with Crippen LogP contribution in [0.5, 0.6) is 11.5 Å².